The summed E-state index contributed by atoms with van der Waals surface area (Å²) in [6.45, 7) is 3.23. The number of hydrogen-bond donors (Lipinski definition) is 3. The smallest absolute Gasteiger partial charge is 0.104 e. The number of unbranched alkanes of at least 4 members (excludes halogenated alkanes) is 4. The highest BCUT2D eigenvalue weighted by atomic mass is 16.3. The molecular weight excluding hydrogens is 178 g/mol. The molecule has 3 N–H and O–H groups in total. The Labute approximate surface area is 87.5 Å². The van der Waals surface area contributed by atoms with Crippen LogP contribution in [0.15, 0.2) is 0 Å². The highest BCUT2D eigenvalue weighted by Gasteiger charge is 2.01. The van der Waals surface area contributed by atoms with Crippen LogP contribution in [-0.4, -0.2) is 29.6 Å². The van der Waals surface area contributed by atoms with E-state index in [0.717, 1.165) is 32.2 Å². The minimum atomic E-state index is -0.356. The molecule has 14 heavy (non-hydrogen) atoms. The van der Waals surface area contributed by atoms with Gasteiger partial charge in [-0.25, -0.2) is 0 Å². The van der Waals surface area contributed by atoms with Gasteiger partial charge < -0.3 is 10.2 Å². The maximum Gasteiger partial charge on any atom is 0.104 e. The van der Waals surface area contributed by atoms with Crippen LogP contribution in [0.2, 0.25) is 0 Å². The Bertz CT molecular complexity index is 97.5. The summed E-state index contributed by atoms with van der Waals surface area (Å²) in [5.74, 6) is 0. The number of rotatable bonds is 10. The number of aliphatic hydroxyl groups is 2. The Morgan fingerprint density at radius 1 is 1.07 bits per heavy atom. The van der Waals surface area contributed by atoms with E-state index in [4.69, 9.17) is 5.11 Å². The van der Waals surface area contributed by atoms with Gasteiger partial charge in [-0.3, -0.25) is 5.32 Å². The second-order valence-corrected chi connectivity index (χ2v) is 3.75. The van der Waals surface area contributed by atoms with Crippen molar-refractivity contribution in [1.29, 1.82) is 0 Å². The van der Waals surface area contributed by atoms with Crippen LogP contribution in [0, 0.1) is 0 Å². The molecule has 0 amide bonds. The third-order valence-electron chi connectivity index (χ3n) is 2.30. The number of hydrogen-bond acceptors (Lipinski definition) is 3. The van der Waals surface area contributed by atoms with E-state index in [1.807, 2.05) is 0 Å². The van der Waals surface area contributed by atoms with Gasteiger partial charge in [-0.05, 0) is 32.2 Å². The molecule has 0 spiro atoms. The first-order valence-electron chi connectivity index (χ1n) is 5.83. The topological polar surface area (TPSA) is 52.5 Å². The van der Waals surface area contributed by atoms with Crippen LogP contribution in [0.1, 0.15) is 51.9 Å². The summed E-state index contributed by atoms with van der Waals surface area (Å²) in [5.41, 5.74) is 0. The zero-order valence-electron chi connectivity index (χ0n) is 9.34. The van der Waals surface area contributed by atoms with E-state index in [9.17, 15) is 5.11 Å². The van der Waals surface area contributed by atoms with Gasteiger partial charge in [-0.15, -0.1) is 0 Å². The first-order chi connectivity index (χ1) is 6.81. The second kappa shape index (κ2) is 11.0. The van der Waals surface area contributed by atoms with Crippen LogP contribution in [0.5, 0.6) is 0 Å². The number of nitrogens with one attached hydrogen (secondary N) is 1. The molecule has 0 aromatic rings. The summed E-state index contributed by atoms with van der Waals surface area (Å²) in [4.78, 5) is 0. The molecule has 0 heterocycles. The Kier molecular flexibility index (Phi) is 10.9. The molecule has 0 rings (SSSR count). The fourth-order valence-corrected chi connectivity index (χ4v) is 1.37. The summed E-state index contributed by atoms with van der Waals surface area (Å²) in [6, 6.07) is 0. The van der Waals surface area contributed by atoms with Gasteiger partial charge >= 0.3 is 0 Å². The average Bonchev–Trinajstić information content (AvgIpc) is 2.19. The molecule has 0 fully saturated rings. The lowest BCUT2D eigenvalue weighted by atomic mass is 10.1. The fraction of sp³-hybridized carbons (Fsp3) is 1.00. The molecule has 0 aromatic carbocycles. The monoisotopic (exact) mass is 203 g/mol. The van der Waals surface area contributed by atoms with Gasteiger partial charge in [0.05, 0.1) is 0 Å². The lowest BCUT2D eigenvalue weighted by Gasteiger charge is -2.11. The van der Waals surface area contributed by atoms with Crippen molar-refractivity contribution < 1.29 is 10.2 Å². The SMILES string of the molecule is CCCCCCC(O)NCCCCO. The van der Waals surface area contributed by atoms with E-state index in [-0.39, 0.29) is 12.8 Å². The van der Waals surface area contributed by atoms with Crippen molar-refractivity contribution in [3.05, 3.63) is 0 Å². The van der Waals surface area contributed by atoms with Crippen molar-refractivity contribution in [3.8, 4) is 0 Å². The van der Waals surface area contributed by atoms with E-state index >= 15 is 0 Å². The standard InChI is InChI=1S/C11H25NO2/c1-2-3-4-5-8-11(14)12-9-6-7-10-13/h11-14H,2-10H2,1H3. The van der Waals surface area contributed by atoms with E-state index in [2.05, 4.69) is 12.2 Å². The third kappa shape index (κ3) is 9.96. The largest absolute Gasteiger partial charge is 0.396 e. The molecule has 0 aromatic heterocycles. The third-order valence-corrected chi connectivity index (χ3v) is 2.30. The summed E-state index contributed by atoms with van der Waals surface area (Å²) >= 11 is 0. The molecule has 0 saturated heterocycles. The molecule has 1 unspecified atom stereocenters. The quantitative estimate of drug-likeness (QED) is 0.374. The fourth-order valence-electron chi connectivity index (χ4n) is 1.37. The molecule has 1 atom stereocenters. The molecule has 0 bridgehead atoms. The molecule has 0 aliphatic carbocycles. The van der Waals surface area contributed by atoms with E-state index in [1.165, 1.54) is 19.3 Å². The predicted octanol–water partition coefficient (Wildman–Crippen LogP) is 1.64. The van der Waals surface area contributed by atoms with Crippen molar-refractivity contribution in [3.63, 3.8) is 0 Å². The summed E-state index contributed by atoms with van der Waals surface area (Å²) in [7, 11) is 0. The van der Waals surface area contributed by atoms with Crippen LogP contribution in [-0.2, 0) is 0 Å². The van der Waals surface area contributed by atoms with Gasteiger partial charge in [0, 0.05) is 6.61 Å². The maximum absolute atomic E-state index is 9.47. The molecule has 3 nitrogen and oxygen atoms in total. The Balaban J connectivity index is 3.07. The van der Waals surface area contributed by atoms with Gasteiger partial charge in [0.2, 0.25) is 0 Å². The van der Waals surface area contributed by atoms with Crippen LogP contribution >= 0.6 is 0 Å². The highest BCUT2D eigenvalue weighted by Crippen LogP contribution is 2.04. The summed E-state index contributed by atoms with van der Waals surface area (Å²) < 4.78 is 0. The van der Waals surface area contributed by atoms with E-state index < -0.39 is 0 Å². The summed E-state index contributed by atoms with van der Waals surface area (Å²) in [5, 5.41) is 21.1. The minimum Gasteiger partial charge on any atom is -0.396 e. The van der Waals surface area contributed by atoms with E-state index in [0.29, 0.717) is 0 Å². The van der Waals surface area contributed by atoms with Gasteiger partial charge in [0.15, 0.2) is 0 Å². The molecule has 0 aliphatic rings. The number of aliphatic hydroxyl groups excluding tert-OH is 2. The Hall–Kier alpha value is -0.120. The van der Waals surface area contributed by atoms with Crippen LogP contribution in [0.3, 0.4) is 0 Å². The van der Waals surface area contributed by atoms with Gasteiger partial charge in [-0.2, -0.15) is 0 Å². The van der Waals surface area contributed by atoms with Crippen molar-refractivity contribution in [2.45, 2.75) is 58.1 Å². The van der Waals surface area contributed by atoms with Crippen LogP contribution in [0.25, 0.3) is 0 Å². The van der Waals surface area contributed by atoms with Crippen molar-refractivity contribution in [1.82, 2.24) is 5.32 Å². The zero-order valence-corrected chi connectivity index (χ0v) is 9.34. The minimum absolute atomic E-state index is 0.244. The first-order valence-corrected chi connectivity index (χ1v) is 5.83. The van der Waals surface area contributed by atoms with E-state index in [1.54, 1.807) is 0 Å². The molecule has 0 aliphatic heterocycles. The zero-order chi connectivity index (χ0) is 10.6. The highest BCUT2D eigenvalue weighted by molar-refractivity contribution is 4.54. The second-order valence-electron chi connectivity index (χ2n) is 3.75. The van der Waals surface area contributed by atoms with Crippen LogP contribution < -0.4 is 5.32 Å². The maximum atomic E-state index is 9.47. The normalized spacial score (nSPS) is 13.1. The lowest BCUT2D eigenvalue weighted by Crippen LogP contribution is -2.29. The molecule has 86 valence electrons. The van der Waals surface area contributed by atoms with Crippen LogP contribution in [0.4, 0.5) is 0 Å². The van der Waals surface area contributed by atoms with Crippen molar-refractivity contribution in [2.75, 3.05) is 13.2 Å². The van der Waals surface area contributed by atoms with Crippen molar-refractivity contribution in [2.24, 2.45) is 0 Å². The molecule has 0 saturated carbocycles. The molecular formula is C11H25NO2. The average molecular weight is 203 g/mol. The first kappa shape index (κ1) is 13.9. The van der Waals surface area contributed by atoms with Gasteiger partial charge in [0.25, 0.3) is 0 Å². The summed E-state index contributed by atoms with van der Waals surface area (Å²) in [6.07, 6.45) is 7.05. The Morgan fingerprint density at radius 2 is 1.86 bits per heavy atom. The Morgan fingerprint density at radius 3 is 2.50 bits per heavy atom. The van der Waals surface area contributed by atoms with Crippen molar-refractivity contribution >= 4 is 0 Å². The molecule has 3 heteroatoms. The van der Waals surface area contributed by atoms with Gasteiger partial charge in [0.1, 0.15) is 6.23 Å². The molecule has 0 radical (unpaired) electrons. The predicted molar refractivity (Wildman–Crippen MR) is 59.1 cm³/mol. The lowest BCUT2D eigenvalue weighted by molar-refractivity contribution is 0.123. The van der Waals surface area contributed by atoms with Gasteiger partial charge in [-0.1, -0.05) is 26.2 Å².